The van der Waals surface area contributed by atoms with Gasteiger partial charge in [-0.25, -0.2) is 17.6 Å². The fourth-order valence-corrected chi connectivity index (χ4v) is 5.01. The predicted octanol–water partition coefficient (Wildman–Crippen LogP) is 4.30. The molecule has 3 rings (SSSR count). The predicted molar refractivity (Wildman–Crippen MR) is 121 cm³/mol. The Balaban J connectivity index is 1.91. The Morgan fingerprint density at radius 1 is 1.15 bits per heavy atom. The summed E-state index contributed by atoms with van der Waals surface area (Å²) in [5, 5.41) is 12.2. The number of nitrogens with one attached hydrogen (secondary N) is 2. The summed E-state index contributed by atoms with van der Waals surface area (Å²) < 4.78 is 45.8. The highest BCUT2D eigenvalue weighted by Crippen LogP contribution is 2.34. The summed E-state index contributed by atoms with van der Waals surface area (Å²) >= 11 is 0.896. The Labute approximate surface area is 193 Å². The number of halogens is 1. The Morgan fingerprint density at radius 3 is 2.45 bits per heavy atom. The number of carbonyl (C=O) groups is 2. The highest BCUT2D eigenvalue weighted by atomic mass is 32.2. The molecule has 1 heterocycles. The van der Waals surface area contributed by atoms with Crippen LogP contribution in [-0.4, -0.2) is 26.9 Å². The largest absolute Gasteiger partial charge is 0.462 e. The highest BCUT2D eigenvalue weighted by molar-refractivity contribution is 7.92. The second kappa shape index (κ2) is 9.81. The first kappa shape index (κ1) is 23.9. The zero-order chi connectivity index (χ0) is 24.2. The molecule has 1 aromatic heterocycles. The molecular formula is C22H18FN3O5S2. The number of benzene rings is 2. The molecule has 0 aliphatic carbocycles. The minimum atomic E-state index is -4.10. The van der Waals surface area contributed by atoms with Gasteiger partial charge in [0, 0.05) is 0 Å². The molecule has 0 spiro atoms. The average Bonchev–Trinajstić information content (AvgIpc) is 3.09. The van der Waals surface area contributed by atoms with Gasteiger partial charge in [-0.3, -0.25) is 9.52 Å². The number of hydrogen-bond donors (Lipinski definition) is 2. The number of esters is 1. The topological polar surface area (TPSA) is 125 Å². The molecular weight excluding hydrogens is 469 g/mol. The standard InChI is InChI=1S/C22H18FN3O5S2/c1-3-31-22(28)19-13(2)17(12-24)21(32-19)25-20(27)16-6-4-5-7-18(16)26-33(29,30)15-10-8-14(23)9-11-15/h4-11,26H,3H2,1-2H3,(H,25,27). The number of para-hydroxylation sites is 1. The minimum absolute atomic E-state index is 0.0169. The Hall–Kier alpha value is -3.75. The van der Waals surface area contributed by atoms with Crippen molar-refractivity contribution >= 4 is 43.9 Å². The number of amides is 1. The lowest BCUT2D eigenvalue weighted by Gasteiger charge is -2.12. The Bertz CT molecular complexity index is 1360. The number of nitrogens with zero attached hydrogens (tertiary/aromatic N) is 1. The van der Waals surface area contributed by atoms with E-state index in [1.807, 2.05) is 6.07 Å². The number of thiophene rings is 1. The van der Waals surface area contributed by atoms with Gasteiger partial charge in [-0.2, -0.15) is 5.26 Å². The summed E-state index contributed by atoms with van der Waals surface area (Å²) in [6.45, 7) is 3.38. The summed E-state index contributed by atoms with van der Waals surface area (Å²) in [6.07, 6.45) is 0. The molecule has 0 aliphatic heterocycles. The Kier molecular flexibility index (Phi) is 7.10. The fraction of sp³-hybridized carbons (Fsp3) is 0.136. The third-order valence-corrected chi connectivity index (χ3v) is 7.06. The molecule has 33 heavy (non-hydrogen) atoms. The van der Waals surface area contributed by atoms with Crippen molar-refractivity contribution in [1.82, 2.24) is 0 Å². The number of anilines is 2. The van der Waals surface area contributed by atoms with Gasteiger partial charge >= 0.3 is 5.97 Å². The van der Waals surface area contributed by atoms with Crippen LogP contribution in [0.3, 0.4) is 0 Å². The lowest BCUT2D eigenvalue weighted by Crippen LogP contribution is -2.18. The summed E-state index contributed by atoms with van der Waals surface area (Å²) in [5.74, 6) is -1.89. The SMILES string of the molecule is CCOC(=O)c1sc(NC(=O)c2ccccc2NS(=O)(=O)c2ccc(F)cc2)c(C#N)c1C. The number of sulfonamides is 1. The van der Waals surface area contributed by atoms with Crippen LogP contribution in [0.15, 0.2) is 53.4 Å². The number of carbonyl (C=O) groups excluding carboxylic acids is 2. The van der Waals surface area contributed by atoms with Gasteiger partial charge < -0.3 is 10.1 Å². The fourth-order valence-electron chi connectivity index (χ4n) is 2.89. The van der Waals surface area contributed by atoms with Crippen molar-refractivity contribution in [3.63, 3.8) is 0 Å². The van der Waals surface area contributed by atoms with Crippen molar-refractivity contribution in [2.75, 3.05) is 16.6 Å². The van der Waals surface area contributed by atoms with E-state index in [1.54, 1.807) is 19.9 Å². The molecule has 8 nitrogen and oxygen atoms in total. The van der Waals surface area contributed by atoms with Crippen LogP contribution in [0.4, 0.5) is 15.1 Å². The zero-order valence-corrected chi connectivity index (χ0v) is 19.1. The molecule has 0 saturated heterocycles. The normalized spacial score (nSPS) is 10.8. The molecule has 3 aromatic rings. The summed E-state index contributed by atoms with van der Waals surface area (Å²) in [4.78, 5) is 25.1. The minimum Gasteiger partial charge on any atom is -0.462 e. The van der Waals surface area contributed by atoms with Crippen LogP contribution >= 0.6 is 11.3 Å². The van der Waals surface area contributed by atoms with Gasteiger partial charge in [0.2, 0.25) is 0 Å². The maximum absolute atomic E-state index is 13.1. The monoisotopic (exact) mass is 487 g/mol. The second-order valence-electron chi connectivity index (χ2n) is 6.65. The van der Waals surface area contributed by atoms with Crippen LogP contribution < -0.4 is 10.0 Å². The van der Waals surface area contributed by atoms with Gasteiger partial charge in [0.05, 0.1) is 28.3 Å². The van der Waals surface area contributed by atoms with Crippen LogP contribution in [0.1, 0.15) is 38.1 Å². The quantitative estimate of drug-likeness (QED) is 0.479. The van der Waals surface area contributed by atoms with E-state index in [0.29, 0.717) is 5.56 Å². The van der Waals surface area contributed by atoms with Gasteiger partial charge in [0.25, 0.3) is 15.9 Å². The smallest absolute Gasteiger partial charge is 0.348 e. The van der Waals surface area contributed by atoms with E-state index in [2.05, 4.69) is 10.0 Å². The first-order valence-corrected chi connectivity index (χ1v) is 11.9. The molecule has 0 bridgehead atoms. The molecule has 0 atom stereocenters. The maximum Gasteiger partial charge on any atom is 0.348 e. The first-order valence-electron chi connectivity index (χ1n) is 9.57. The van der Waals surface area contributed by atoms with E-state index in [1.165, 1.54) is 18.2 Å². The van der Waals surface area contributed by atoms with Crippen LogP contribution in [0, 0.1) is 24.1 Å². The van der Waals surface area contributed by atoms with Crippen molar-refractivity contribution in [3.8, 4) is 6.07 Å². The van der Waals surface area contributed by atoms with E-state index < -0.39 is 27.7 Å². The first-order chi connectivity index (χ1) is 15.7. The molecule has 0 saturated carbocycles. The van der Waals surface area contributed by atoms with Crippen molar-refractivity contribution in [2.24, 2.45) is 0 Å². The lowest BCUT2D eigenvalue weighted by atomic mass is 10.1. The number of ether oxygens (including phenoxy) is 1. The van der Waals surface area contributed by atoms with Crippen LogP contribution in [0.2, 0.25) is 0 Å². The summed E-state index contributed by atoms with van der Waals surface area (Å²) in [5.41, 5.74) is 0.454. The highest BCUT2D eigenvalue weighted by Gasteiger charge is 2.24. The van der Waals surface area contributed by atoms with E-state index in [9.17, 15) is 27.7 Å². The van der Waals surface area contributed by atoms with Gasteiger partial charge in [-0.1, -0.05) is 12.1 Å². The zero-order valence-electron chi connectivity index (χ0n) is 17.5. The average molecular weight is 488 g/mol. The molecule has 2 aromatic carbocycles. The van der Waals surface area contributed by atoms with Gasteiger partial charge in [-0.05, 0) is 55.8 Å². The number of nitriles is 1. The maximum atomic E-state index is 13.1. The van der Waals surface area contributed by atoms with Gasteiger partial charge in [0.1, 0.15) is 21.8 Å². The van der Waals surface area contributed by atoms with Crippen LogP contribution in [0.25, 0.3) is 0 Å². The van der Waals surface area contributed by atoms with E-state index >= 15 is 0 Å². The number of hydrogen-bond acceptors (Lipinski definition) is 7. The summed E-state index contributed by atoms with van der Waals surface area (Å²) in [7, 11) is -4.10. The van der Waals surface area contributed by atoms with Crippen molar-refractivity contribution in [2.45, 2.75) is 18.7 Å². The van der Waals surface area contributed by atoms with Crippen molar-refractivity contribution < 1.29 is 27.1 Å². The van der Waals surface area contributed by atoms with Crippen molar-refractivity contribution in [3.05, 3.63) is 75.9 Å². The molecule has 0 fully saturated rings. The number of rotatable bonds is 7. The molecule has 11 heteroatoms. The van der Waals surface area contributed by atoms with Crippen LogP contribution in [0.5, 0.6) is 0 Å². The molecule has 0 aliphatic rings. The second-order valence-corrected chi connectivity index (χ2v) is 9.35. The van der Waals surface area contributed by atoms with Gasteiger partial charge in [0.15, 0.2) is 0 Å². The lowest BCUT2D eigenvalue weighted by molar-refractivity contribution is 0.0531. The van der Waals surface area contributed by atoms with E-state index in [-0.39, 0.29) is 38.2 Å². The third kappa shape index (κ3) is 5.19. The van der Waals surface area contributed by atoms with Crippen LogP contribution in [-0.2, 0) is 14.8 Å². The Morgan fingerprint density at radius 2 is 1.82 bits per heavy atom. The molecule has 0 unspecified atom stereocenters. The van der Waals surface area contributed by atoms with E-state index in [0.717, 1.165) is 35.6 Å². The molecule has 1 amide bonds. The summed E-state index contributed by atoms with van der Waals surface area (Å²) in [6, 6.07) is 12.1. The molecule has 170 valence electrons. The molecule has 0 radical (unpaired) electrons. The van der Waals surface area contributed by atoms with Gasteiger partial charge in [-0.15, -0.1) is 11.3 Å². The molecule has 2 N–H and O–H groups in total. The van der Waals surface area contributed by atoms with E-state index in [4.69, 9.17) is 4.74 Å². The third-order valence-electron chi connectivity index (χ3n) is 4.49. The van der Waals surface area contributed by atoms with Crippen molar-refractivity contribution in [1.29, 1.82) is 5.26 Å².